The largest absolute Gasteiger partial charge is 0.465 e. The number of benzene rings is 1. The molecule has 3 rings (SSSR count). The lowest BCUT2D eigenvalue weighted by Gasteiger charge is -2.11. The number of nitrogens with zero attached hydrogens (tertiary/aromatic N) is 3. The fourth-order valence-corrected chi connectivity index (χ4v) is 2.49. The zero-order valence-electron chi connectivity index (χ0n) is 14.3. The quantitative estimate of drug-likeness (QED) is 0.550. The van der Waals surface area contributed by atoms with Gasteiger partial charge in [-0.3, -0.25) is 4.79 Å². The molecule has 0 atom stereocenters. The molecule has 0 fully saturated rings. The van der Waals surface area contributed by atoms with Gasteiger partial charge in [0.1, 0.15) is 0 Å². The number of nitrogens with one attached hydrogen (secondary N) is 1. The first-order valence-corrected chi connectivity index (χ1v) is 7.77. The van der Waals surface area contributed by atoms with Gasteiger partial charge < -0.3 is 15.8 Å². The van der Waals surface area contributed by atoms with Crippen molar-refractivity contribution in [1.29, 1.82) is 0 Å². The Bertz CT molecular complexity index is 966. The molecule has 3 N–H and O–H groups in total. The van der Waals surface area contributed by atoms with Crippen LogP contribution in [0.25, 0.3) is 5.82 Å². The van der Waals surface area contributed by atoms with Crippen LogP contribution in [0.1, 0.15) is 26.4 Å². The summed E-state index contributed by atoms with van der Waals surface area (Å²) in [5, 5.41) is 6.92. The number of ether oxygens (including phenoxy) is 1. The second kappa shape index (κ2) is 7.06. The first-order valence-electron chi connectivity index (χ1n) is 7.77. The highest BCUT2D eigenvalue weighted by Crippen LogP contribution is 2.24. The van der Waals surface area contributed by atoms with Crippen LogP contribution in [0.4, 0.5) is 11.4 Å². The Morgan fingerprint density at radius 1 is 1.15 bits per heavy atom. The average molecular weight is 351 g/mol. The van der Waals surface area contributed by atoms with Crippen molar-refractivity contribution >= 4 is 23.3 Å². The second-order valence-corrected chi connectivity index (χ2v) is 5.46. The summed E-state index contributed by atoms with van der Waals surface area (Å²) >= 11 is 0. The number of pyridine rings is 1. The van der Waals surface area contributed by atoms with Gasteiger partial charge in [-0.15, -0.1) is 0 Å². The maximum atomic E-state index is 12.6. The Hall–Kier alpha value is -3.68. The summed E-state index contributed by atoms with van der Waals surface area (Å²) in [6, 6.07) is 10.2. The normalized spacial score (nSPS) is 10.4. The summed E-state index contributed by atoms with van der Waals surface area (Å²) in [4.78, 5) is 28.6. The van der Waals surface area contributed by atoms with Gasteiger partial charge in [0, 0.05) is 6.20 Å². The Kier molecular flexibility index (Phi) is 4.66. The number of methoxy groups -OCH3 is 1. The van der Waals surface area contributed by atoms with Crippen molar-refractivity contribution in [2.24, 2.45) is 0 Å². The van der Waals surface area contributed by atoms with Gasteiger partial charge >= 0.3 is 5.97 Å². The summed E-state index contributed by atoms with van der Waals surface area (Å²) in [5.74, 6) is -0.354. The molecule has 1 amide bonds. The fraction of sp³-hybridized carbons (Fsp3) is 0.111. The standard InChI is InChI=1S/C18H17N5O3/c1-11-13(10-21-23(11)15-8-3-4-9-20-15)17(24)22-14-7-5-6-12(16(14)19)18(25)26-2/h3-10H,19H2,1-2H3,(H,22,24). The minimum atomic E-state index is -0.572. The van der Waals surface area contributed by atoms with E-state index in [4.69, 9.17) is 5.73 Å². The van der Waals surface area contributed by atoms with Gasteiger partial charge in [0.2, 0.25) is 0 Å². The monoisotopic (exact) mass is 351 g/mol. The van der Waals surface area contributed by atoms with Gasteiger partial charge in [-0.05, 0) is 31.2 Å². The van der Waals surface area contributed by atoms with Crippen LogP contribution in [0.2, 0.25) is 0 Å². The van der Waals surface area contributed by atoms with E-state index >= 15 is 0 Å². The average Bonchev–Trinajstić information content (AvgIpc) is 3.05. The van der Waals surface area contributed by atoms with E-state index in [2.05, 4.69) is 20.1 Å². The summed E-state index contributed by atoms with van der Waals surface area (Å²) in [7, 11) is 1.27. The van der Waals surface area contributed by atoms with Crippen LogP contribution in [0.5, 0.6) is 0 Å². The predicted molar refractivity (Wildman–Crippen MR) is 96.2 cm³/mol. The number of hydrogen-bond donors (Lipinski definition) is 2. The van der Waals surface area contributed by atoms with Crippen LogP contribution in [-0.2, 0) is 4.74 Å². The summed E-state index contributed by atoms with van der Waals surface area (Å²) in [6.07, 6.45) is 3.11. The Balaban J connectivity index is 1.88. The van der Waals surface area contributed by atoms with Crippen molar-refractivity contribution < 1.29 is 14.3 Å². The molecule has 0 saturated carbocycles. The molecule has 3 aromatic rings. The number of amides is 1. The second-order valence-electron chi connectivity index (χ2n) is 5.46. The molecule has 2 aromatic heterocycles. The van der Waals surface area contributed by atoms with Gasteiger partial charge in [-0.2, -0.15) is 5.10 Å². The number of rotatable bonds is 4. The van der Waals surface area contributed by atoms with Gasteiger partial charge in [0.05, 0.1) is 41.5 Å². The molecule has 0 aliphatic rings. The van der Waals surface area contributed by atoms with Crippen molar-refractivity contribution in [2.45, 2.75) is 6.92 Å². The molecular weight excluding hydrogens is 334 g/mol. The van der Waals surface area contributed by atoms with E-state index in [0.717, 1.165) is 0 Å². The van der Waals surface area contributed by atoms with Gasteiger partial charge in [0.25, 0.3) is 5.91 Å². The molecule has 26 heavy (non-hydrogen) atoms. The van der Waals surface area contributed by atoms with Crippen molar-refractivity contribution in [3.8, 4) is 5.82 Å². The van der Waals surface area contributed by atoms with E-state index in [0.29, 0.717) is 22.8 Å². The van der Waals surface area contributed by atoms with E-state index < -0.39 is 11.9 Å². The molecule has 0 spiro atoms. The summed E-state index contributed by atoms with van der Waals surface area (Å²) < 4.78 is 6.25. The van der Waals surface area contributed by atoms with Crippen LogP contribution in [0, 0.1) is 6.92 Å². The highest BCUT2D eigenvalue weighted by Gasteiger charge is 2.18. The van der Waals surface area contributed by atoms with E-state index in [-0.39, 0.29) is 11.3 Å². The molecule has 0 aliphatic heterocycles. The molecule has 8 nitrogen and oxygen atoms in total. The molecule has 0 bridgehead atoms. The minimum absolute atomic E-state index is 0.141. The third-order valence-electron chi connectivity index (χ3n) is 3.88. The third-order valence-corrected chi connectivity index (χ3v) is 3.88. The van der Waals surface area contributed by atoms with Crippen molar-refractivity contribution in [2.75, 3.05) is 18.2 Å². The zero-order chi connectivity index (χ0) is 18.7. The lowest BCUT2D eigenvalue weighted by molar-refractivity contribution is 0.0601. The summed E-state index contributed by atoms with van der Waals surface area (Å²) in [6.45, 7) is 1.77. The highest BCUT2D eigenvalue weighted by molar-refractivity contribution is 6.08. The van der Waals surface area contributed by atoms with Gasteiger partial charge in [-0.25, -0.2) is 14.5 Å². The first-order chi connectivity index (χ1) is 12.5. The maximum Gasteiger partial charge on any atom is 0.340 e. The van der Waals surface area contributed by atoms with Crippen LogP contribution >= 0.6 is 0 Å². The van der Waals surface area contributed by atoms with E-state index in [9.17, 15) is 9.59 Å². The predicted octanol–water partition coefficient (Wildman–Crippen LogP) is 2.20. The molecule has 8 heteroatoms. The molecule has 1 aromatic carbocycles. The maximum absolute atomic E-state index is 12.6. The van der Waals surface area contributed by atoms with Gasteiger partial charge in [-0.1, -0.05) is 12.1 Å². The van der Waals surface area contributed by atoms with Gasteiger partial charge in [0.15, 0.2) is 5.82 Å². The number of carbonyl (C=O) groups is 2. The zero-order valence-corrected chi connectivity index (χ0v) is 14.3. The van der Waals surface area contributed by atoms with Crippen molar-refractivity contribution in [1.82, 2.24) is 14.8 Å². The topological polar surface area (TPSA) is 112 Å². The molecular formula is C18H17N5O3. The molecule has 0 saturated heterocycles. The van der Waals surface area contributed by atoms with E-state index in [1.165, 1.54) is 19.4 Å². The molecule has 2 heterocycles. The number of hydrogen-bond acceptors (Lipinski definition) is 6. The van der Waals surface area contributed by atoms with Crippen molar-refractivity contribution in [3.63, 3.8) is 0 Å². The molecule has 0 aliphatic carbocycles. The Morgan fingerprint density at radius 2 is 1.96 bits per heavy atom. The number of anilines is 2. The van der Waals surface area contributed by atoms with E-state index in [1.54, 1.807) is 42.1 Å². The Morgan fingerprint density at radius 3 is 2.65 bits per heavy atom. The smallest absolute Gasteiger partial charge is 0.340 e. The van der Waals surface area contributed by atoms with Crippen LogP contribution < -0.4 is 11.1 Å². The molecule has 0 radical (unpaired) electrons. The molecule has 0 unspecified atom stereocenters. The number of carbonyl (C=O) groups excluding carboxylic acids is 2. The lowest BCUT2D eigenvalue weighted by atomic mass is 10.1. The number of nitrogen functional groups attached to an aromatic ring is 1. The molecule has 132 valence electrons. The number of aromatic nitrogens is 3. The van der Waals surface area contributed by atoms with Crippen molar-refractivity contribution in [3.05, 3.63) is 65.6 Å². The highest BCUT2D eigenvalue weighted by atomic mass is 16.5. The third kappa shape index (κ3) is 3.12. The summed E-state index contributed by atoms with van der Waals surface area (Å²) in [5.41, 5.74) is 7.63. The van der Waals surface area contributed by atoms with Crippen LogP contribution in [-0.4, -0.2) is 33.8 Å². The number of nitrogens with two attached hydrogens (primary N) is 1. The number of para-hydroxylation sites is 1. The first kappa shape index (κ1) is 17.2. The number of esters is 1. The lowest BCUT2D eigenvalue weighted by Crippen LogP contribution is -2.16. The Labute approximate surface area is 149 Å². The van der Waals surface area contributed by atoms with E-state index in [1.807, 2.05) is 6.07 Å². The van der Waals surface area contributed by atoms with Crippen LogP contribution in [0.3, 0.4) is 0 Å². The SMILES string of the molecule is COC(=O)c1cccc(NC(=O)c2cnn(-c3ccccn3)c2C)c1N. The van der Waals surface area contributed by atoms with Crippen LogP contribution in [0.15, 0.2) is 48.8 Å². The fourth-order valence-electron chi connectivity index (χ4n) is 2.49. The minimum Gasteiger partial charge on any atom is -0.465 e.